The monoisotopic (exact) mass is 268 g/mol. The van der Waals surface area contributed by atoms with Gasteiger partial charge in [0.15, 0.2) is 5.78 Å². The minimum Gasteiger partial charge on any atom is -0.497 e. The van der Waals surface area contributed by atoms with Crippen LogP contribution >= 0.6 is 0 Å². The smallest absolute Gasteiger partial charge is 0.167 e. The van der Waals surface area contributed by atoms with Gasteiger partial charge in [-0.1, -0.05) is 18.2 Å². The average Bonchev–Trinajstić information content (AvgIpc) is 2.42. The molecule has 0 aliphatic rings. The van der Waals surface area contributed by atoms with Crippen LogP contribution in [-0.2, 0) is 6.42 Å². The molecule has 0 aliphatic heterocycles. The van der Waals surface area contributed by atoms with Gasteiger partial charge in [0, 0.05) is 12.0 Å². The third kappa shape index (κ3) is 3.08. The summed E-state index contributed by atoms with van der Waals surface area (Å²) in [5.74, 6) is 0.929. The second-order valence-electron chi connectivity index (χ2n) is 5.20. The van der Waals surface area contributed by atoms with Gasteiger partial charge < -0.3 is 4.74 Å². The van der Waals surface area contributed by atoms with Crippen molar-refractivity contribution in [3.8, 4) is 5.75 Å². The van der Waals surface area contributed by atoms with Crippen molar-refractivity contribution in [3.63, 3.8) is 0 Å². The fraction of sp³-hybridized carbons (Fsp3) is 0.278. The summed E-state index contributed by atoms with van der Waals surface area (Å²) in [6, 6.07) is 11.8. The predicted molar refractivity (Wildman–Crippen MR) is 81.7 cm³/mol. The van der Waals surface area contributed by atoms with E-state index in [0.717, 1.165) is 22.4 Å². The fourth-order valence-electron chi connectivity index (χ4n) is 2.27. The molecule has 2 rings (SSSR count). The zero-order valence-corrected chi connectivity index (χ0v) is 12.5. The molecule has 0 spiro atoms. The first-order valence-corrected chi connectivity index (χ1v) is 6.75. The Labute approximate surface area is 120 Å². The number of ketones is 1. The molecule has 0 aromatic heterocycles. The Morgan fingerprint density at radius 2 is 1.70 bits per heavy atom. The molecule has 0 radical (unpaired) electrons. The van der Waals surface area contributed by atoms with E-state index in [9.17, 15) is 4.79 Å². The first-order chi connectivity index (χ1) is 9.51. The van der Waals surface area contributed by atoms with Crippen molar-refractivity contribution in [2.45, 2.75) is 27.2 Å². The molecular weight excluding hydrogens is 248 g/mol. The summed E-state index contributed by atoms with van der Waals surface area (Å²) in [4.78, 5) is 12.4. The van der Waals surface area contributed by atoms with Crippen molar-refractivity contribution in [2.75, 3.05) is 7.11 Å². The van der Waals surface area contributed by atoms with Crippen LogP contribution in [0.25, 0.3) is 0 Å². The maximum absolute atomic E-state index is 12.4. The second kappa shape index (κ2) is 5.91. The molecule has 0 amide bonds. The fourth-order valence-corrected chi connectivity index (χ4v) is 2.27. The van der Waals surface area contributed by atoms with Gasteiger partial charge >= 0.3 is 0 Å². The third-order valence-corrected chi connectivity index (χ3v) is 3.67. The lowest BCUT2D eigenvalue weighted by Crippen LogP contribution is -2.06. The number of carbonyl (C=O) groups excluding carboxylic acids is 1. The van der Waals surface area contributed by atoms with Crippen LogP contribution in [0.15, 0.2) is 36.4 Å². The van der Waals surface area contributed by atoms with E-state index >= 15 is 0 Å². The second-order valence-corrected chi connectivity index (χ2v) is 5.20. The zero-order valence-electron chi connectivity index (χ0n) is 12.5. The van der Waals surface area contributed by atoms with Crippen LogP contribution < -0.4 is 4.74 Å². The number of hydrogen-bond donors (Lipinski definition) is 0. The van der Waals surface area contributed by atoms with E-state index in [4.69, 9.17) is 4.74 Å². The van der Waals surface area contributed by atoms with Crippen molar-refractivity contribution in [1.29, 1.82) is 0 Å². The summed E-state index contributed by atoms with van der Waals surface area (Å²) in [6.45, 7) is 6.09. The van der Waals surface area contributed by atoms with Gasteiger partial charge in [0.25, 0.3) is 0 Å². The number of benzene rings is 2. The Bertz CT molecular complexity index is 642. The predicted octanol–water partition coefficient (Wildman–Crippen LogP) is 4.05. The van der Waals surface area contributed by atoms with Crippen molar-refractivity contribution in [2.24, 2.45) is 0 Å². The number of methoxy groups -OCH3 is 1. The first kappa shape index (κ1) is 14.3. The maximum Gasteiger partial charge on any atom is 0.167 e. The molecule has 0 N–H and O–H groups in total. The molecule has 2 aromatic carbocycles. The highest BCUT2D eigenvalue weighted by molar-refractivity contribution is 5.98. The topological polar surface area (TPSA) is 26.3 Å². The number of Topliss-reactive ketones (excluding diaryl/α,β-unsaturated/α-hetero) is 1. The lowest BCUT2D eigenvalue weighted by molar-refractivity contribution is 0.0992. The van der Waals surface area contributed by atoms with E-state index in [1.54, 1.807) is 7.11 Å². The first-order valence-electron chi connectivity index (χ1n) is 6.75. The third-order valence-electron chi connectivity index (χ3n) is 3.67. The quantitative estimate of drug-likeness (QED) is 0.782. The van der Waals surface area contributed by atoms with Crippen molar-refractivity contribution in [3.05, 3.63) is 64.2 Å². The molecule has 2 aromatic rings. The molecule has 20 heavy (non-hydrogen) atoms. The number of rotatable bonds is 4. The molecule has 0 saturated heterocycles. The molecular formula is C18H20O2. The van der Waals surface area contributed by atoms with Crippen LogP contribution in [0.1, 0.15) is 32.6 Å². The van der Waals surface area contributed by atoms with Gasteiger partial charge in [-0.15, -0.1) is 0 Å². The number of aryl methyl sites for hydroxylation is 3. The molecule has 2 heteroatoms. The highest BCUT2D eigenvalue weighted by atomic mass is 16.5. The molecule has 0 bridgehead atoms. The van der Waals surface area contributed by atoms with Crippen LogP contribution in [0.3, 0.4) is 0 Å². The standard InChI is InChI=1S/C18H20O2/c1-12-5-6-15(9-13(12)2)11-18(19)17-8-7-16(20-4)10-14(17)3/h5-10H,11H2,1-4H3. The van der Waals surface area contributed by atoms with Crippen LogP contribution in [0, 0.1) is 20.8 Å². The van der Waals surface area contributed by atoms with Crippen LogP contribution in [0.5, 0.6) is 5.75 Å². The minimum absolute atomic E-state index is 0.147. The Morgan fingerprint density at radius 3 is 2.30 bits per heavy atom. The Balaban J connectivity index is 2.21. The van der Waals surface area contributed by atoms with Crippen LogP contribution in [-0.4, -0.2) is 12.9 Å². The van der Waals surface area contributed by atoms with E-state index < -0.39 is 0 Å². The summed E-state index contributed by atoms with van der Waals surface area (Å²) in [5, 5.41) is 0. The minimum atomic E-state index is 0.147. The van der Waals surface area contributed by atoms with E-state index in [0.29, 0.717) is 6.42 Å². The summed E-state index contributed by atoms with van der Waals surface area (Å²) in [5.41, 5.74) is 5.26. The van der Waals surface area contributed by atoms with E-state index in [1.807, 2.05) is 31.2 Å². The van der Waals surface area contributed by atoms with Crippen molar-refractivity contribution < 1.29 is 9.53 Å². The largest absolute Gasteiger partial charge is 0.497 e. The highest BCUT2D eigenvalue weighted by Crippen LogP contribution is 2.19. The molecule has 104 valence electrons. The van der Waals surface area contributed by atoms with E-state index in [-0.39, 0.29) is 5.78 Å². The lowest BCUT2D eigenvalue weighted by Gasteiger charge is -2.08. The molecule has 0 saturated carbocycles. The molecule has 0 heterocycles. The summed E-state index contributed by atoms with van der Waals surface area (Å²) in [6.07, 6.45) is 0.439. The molecule has 0 aliphatic carbocycles. The Hall–Kier alpha value is -2.09. The van der Waals surface area contributed by atoms with Gasteiger partial charge in [-0.2, -0.15) is 0 Å². The maximum atomic E-state index is 12.4. The van der Waals surface area contributed by atoms with Crippen LogP contribution in [0.4, 0.5) is 0 Å². The summed E-state index contributed by atoms with van der Waals surface area (Å²) >= 11 is 0. The molecule has 0 unspecified atom stereocenters. The molecule has 0 atom stereocenters. The van der Waals surface area contributed by atoms with Gasteiger partial charge in [0.1, 0.15) is 5.75 Å². The lowest BCUT2D eigenvalue weighted by atomic mass is 9.97. The number of ether oxygens (including phenoxy) is 1. The van der Waals surface area contributed by atoms with Gasteiger partial charge in [-0.3, -0.25) is 4.79 Å². The van der Waals surface area contributed by atoms with Gasteiger partial charge in [-0.05, 0) is 61.2 Å². The highest BCUT2D eigenvalue weighted by Gasteiger charge is 2.11. The number of carbonyl (C=O) groups is 1. The number of hydrogen-bond acceptors (Lipinski definition) is 2. The van der Waals surface area contributed by atoms with Gasteiger partial charge in [0.2, 0.25) is 0 Å². The van der Waals surface area contributed by atoms with E-state index in [2.05, 4.69) is 26.0 Å². The SMILES string of the molecule is COc1ccc(C(=O)Cc2ccc(C)c(C)c2)c(C)c1. The summed E-state index contributed by atoms with van der Waals surface area (Å²) in [7, 11) is 1.63. The van der Waals surface area contributed by atoms with Crippen LogP contribution in [0.2, 0.25) is 0 Å². The molecule has 0 fully saturated rings. The normalized spacial score (nSPS) is 10.4. The van der Waals surface area contributed by atoms with Crippen molar-refractivity contribution in [1.82, 2.24) is 0 Å². The molecule has 2 nitrogen and oxygen atoms in total. The van der Waals surface area contributed by atoms with Gasteiger partial charge in [0.05, 0.1) is 7.11 Å². The summed E-state index contributed by atoms with van der Waals surface area (Å²) < 4.78 is 5.17. The van der Waals surface area contributed by atoms with Gasteiger partial charge in [-0.25, -0.2) is 0 Å². The Morgan fingerprint density at radius 1 is 0.950 bits per heavy atom. The zero-order chi connectivity index (χ0) is 14.7. The van der Waals surface area contributed by atoms with Crippen molar-refractivity contribution >= 4 is 5.78 Å². The van der Waals surface area contributed by atoms with E-state index in [1.165, 1.54) is 11.1 Å². The Kier molecular flexibility index (Phi) is 4.23. The average molecular weight is 268 g/mol.